The van der Waals surface area contributed by atoms with Crippen LogP contribution in [0.25, 0.3) is 0 Å². The fraction of sp³-hybridized carbons (Fsp3) is 0.364. The van der Waals surface area contributed by atoms with E-state index in [1.807, 2.05) is 0 Å². The van der Waals surface area contributed by atoms with Crippen LogP contribution in [0.3, 0.4) is 0 Å². The summed E-state index contributed by atoms with van der Waals surface area (Å²) in [5, 5.41) is 9.79. The van der Waals surface area contributed by atoms with Gasteiger partial charge in [-0.15, -0.1) is 0 Å². The summed E-state index contributed by atoms with van der Waals surface area (Å²) in [6.07, 6.45) is 0. The molecule has 1 aromatic rings. The summed E-state index contributed by atoms with van der Waals surface area (Å²) in [6.45, 7) is 0.318. The Morgan fingerprint density at radius 3 is 2.38 bits per heavy atom. The Morgan fingerprint density at radius 2 is 2.00 bits per heavy atom. The van der Waals surface area contributed by atoms with E-state index in [0.717, 1.165) is 5.56 Å². The quantitative estimate of drug-likeness (QED) is 0.840. The highest BCUT2D eigenvalue weighted by molar-refractivity contribution is 6.30. The molecule has 0 spiro atoms. The van der Waals surface area contributed by atoms with Gasteiger partial charge in [0.15, 0.2) is 0 Å². The minimum absolute atomic E-state index is 0.159. The number of carboxylic acid groups (broad SMARTS) is 1. The van der Waals surface area contributed by atoms with E-state index in [4.69, 9.17) is 22.1 Å². The number of ether oxygens (including phenoxy) is 1. The van der Waals surface area contributed by atoms with Crippen molar-refractivity contribution in [3.05, 3.63) is 34.9 Å². The molecule has 1 aliphatic heterocycles. The van der Waals surface area contributed by atoms with Crippen molar-refractivity contribution in [2.24, 2.45) is 11.1 Å². The first-order valence-electron chi connectivity index (χ1n) is 4.88. The summed E-state index contributed by atoms with van der Waals surface area (Å²) < 4.78 is 4.98. The lowest BCUT2D eigenvalue weighted by atomic mass is 9.76. The van der Waals surface area contributed by atoms with Crippen LogP contribution in [-0.4, -0.2) is 24.3 Å². The summed E-state index contributed by atoms with van der Waals surface area (Å²) >= 11 is 5.76. The average molecular weight is 242 g/mol. The van der Waals surface area contributed by atoms with Gasteiger partial charge in [-0.05, 0) is 17.7 Å². The van der Waals surface area contributed by atoms with E-state index >= 15 is 0 Å². The normalized spacial score (nSPS) is 19.9. The van der Waals surface area contributed by atoms with Gasteiger partial charge in [0, 0.05) is 5.02 Å². The number of halogens is 1. The number of aliphatic carboxylic acids is 1. The van der Waals surface area contributed by atoms with E-state index in [2.05, 4.69) is 0 Å². The molecule has 0 saturated carbocycles. The van der Waals surface area contributed by atoms with Gasteiger partial charge in [0.1, 0.15) is 5.41 Å². The Labute approximate surface area is 98.0 Å². The van der Waals surface area contributed by atoms with Crippen LogP contribution < -0.4 is 5.73 Å². The van der Waals surface area contributed by atoms with Crippen molar-refractivity contribution in [3.63, 3.8) is 0 Å². The van der Waals surface area contributed by atoms with E-state index in [1.54, 1.807) is 24.3 Å². The Balaban J connectivity index is 2.27. The lowest BCUT2D eigenvalue weighted by Crippen LogP contribution is -2.55. The maximum atomic E-state index is 11.2. The predicted octanol–water partition coefficient (Wildman–Crippen LogP) is 1.44. The Bertz CT molecular complexity index is 400. The van der Waals surface area contributed by atoms with Gasteiger partial charge in [-0.1, -0.05) is 23.7 Å². The fourth-order valence-electron chi connectivity index (χ4n) is 1.75. The molecule has 1 unspecified atom stereocenters. The van der Waals surface area contributed by atoms with E-state index in [0.29, 0.717) is 5.02 Å². The summed E-state index contributed by atoms with van der Waals surface area (Å²) in [7, 11) is 0. The number of carbonyl (C=O) groups is 1. The lowest BCUT2D eigenvalue weighted by Gasteiger charge is -2.41. The molecule has 1 aromatic carbocycles. The molecule has 16 heavy (non-hydrogen) atoms. The molecule has 86 valence electrons. The summed E-state index contributed by atoms with van der Waals surface area (Å²) in [4.78, 5) is 11.2. The lowest BCUT2D eigenvalue weighted by molar-refractivity contribution is -0.184. The van der Waals surface area contributed by atoms with E-state index in [9.17, 15) is 9.90 Å². The molecule has 3 N–H and O–H groups in total. The molecular formula is C11H12ClNO3. The minimum Gasteiger partial charge on any atom is -0.481 e. The van der Waals surface area contributed by atoms with Crippen LogP contribution >= 0.6 is 11.6 Å². The SMILES string of the molecule is NC(c1ccc(Cl)cc1)C1(C(=O)O)COC1. The molecule has 1 heterocycles. The summed E-state index contributed by atoms with van der Waals surface area (Å²) in [6, 6.07) is 6.32. The van der Waals surface area contributed by atoms with Gasteiger partial charge in [-0.3, -0.25) is 4.79 Å². The Kier molecular flexibility index (Phi) is 2.88. The standard InChI is InChI=1S/C11H12ClNO3/c12-8-3-1-7(2-4-8)9(13)11(10(14)15)5-16-6-11/h1-4,9H,5-6,13H2,(H,14,15). The van der Waals surface area contributed by atoms with Gasteiger partial charge < -0.3 is 15.6 Å². The maximum absolute atomic E-state index is 11.2. The molecule has 0 aliphatic carbocycles. The molecule has 0 radical (unpaired) electrons. The number of benzene rings is 1. The van der Waals surface area contributed by atoms with Gasteiger partial charge in [0.2, 0.25) is 0 Å². The molecule has 0 aromatic heterocycles. The highest BCUT2D eigenvalue weighted by Crippen LogP contribution is 2.39. The molecule has 1 fully saturated rings. The molecule has 1 atom stereocenters. The highest BCUT2D eigenvalue weighted by Gasteiger charge is 2.51. The fourth-order valence-corrected chi connectivity index (χ4v) is 1.87. The van der Waals surface area contributed by atoms with Crippen molar-refractivity contribution in [3.8, 4) is 0 Å². The molecule has 0 bridgehead atoms. The smallest absolute Gasteiger partial charge is 0.316 e. The van der Waals surface area contributed by atoms with Gasteiger partial charge in [-0.2, -0.15) is 0 Å². The number of carboxylic acids is 1. The van der Waals surface area contributed by atoms with E-state index in [-0.39, 0.29) is 13.2 Å². The topological polar surface area (TPSA) is 72.6 Å². The Hall–Kier alpha value is -1.10. The van der Waals surface area contributed by atoms with Crippen LogP contribution in [0.5, 0.6) is 0 Å². The van der Waals surface area contributed by atoms with Crippen molar-refractivity contribution < 1.29 is 14.6 Å². The third-order valence-electron chi connectivity index (χ3n) is 2.97. The molecular weight excluding hydrogens is 230 g/mol. The average Bonchev–Trinajstić information content (AvgIpc) is 2.16. The predicted molar refractivity (Wildman–Crippen MR) is 59.3 cm³/mol. The molecule has 2 rings (SSSR count). The van der Waals surface area contributed by atoms with Crippen LogP contribution in [0.1, 0.15) is 11.6 Å². The largest absolute Gasteiger partial charge is 0.481 e. The van der Waals surface area contributed by atoms with Crippen molar-refractivity contribution in [2.45, 2.75) is 6.04 Å². The monoisotopic (exact) mass is 241 g/mol. The second kappa shape index (κ2) is 4.05. The second-order valence-corrected chi connectivity index (χ2v) is 4.42. The zero-order chi connectivity index (χ0) is 11.8. The molecule has 1 aliphatic rings. The van der Waals surface area contributed by atoms with Crippen molar-refractivity contribution in [1.82, 2.24) is 0 Å². The number of rotatable bonds is 3. The van der Waals surface area contributed by atoms with Crippen LogP contribution in [0.4, 0.5) is 0 Å². The third kappa shape index (κ3) is 1.69. The van der Waals surface area contributed by atoms with Gasteiger partial charge >= 0.3 is 5.97 Å². The molecule has 5 heteroatoms. The second-order valence-electron chi connectivity index (χ2n) is 3.98. The van der Waals surface area contributed by atoms with Crippen molar-refractivity contribution >= 4 is 17.6 Å². The van der Waals surface area contributed by atoms with E-state index in [1.165, 1.54) is 0 Å². The Morgan fingerprint density at radius 1 is 1.44 bits per heavy atom. The maximum Gasteiger partial charge on any atom is 0.316 e. The third-order valence-corrected chi connectivity index (χ3v) is 3.22. The van der Waals surface area contributed by atoms with Gasteiger partial charge in [0.25, 0.3) is 0 Å². The van der Waals surface area contributed by atoms with Gasteiger partial charge in [0.05, 0.1) is 19.3 Å². The molecule has 4 nitrogen and oxygen atoms in total. The number of hydrogen-bond donors (Lipinski definition) is 2. The first kappa shape index (κ1) is 11.4. The first-order valence-corrected chi connectivity index (χ1v) is 5.26. The molecule has 1 saturated heterocycles. The molecule has 0 amide bonds. The zero-order valence-corrected chi connectivity index (χ0v) is 9.28. The van der Waals surface area contributed by atoms with Crippen molar-refractivity contribution in [2.75, 3.05) is 13.2 Å². The number of hydrogen-bond acceptors (Lipinski definition) is 3. The summed E-state index contributed by atoms with van der Waals surface area (Å²) in [5.41, 5.74) is 5.75. The first-order chi connectivity index (χ1) is 7.56. The highest BCUT2D eigenvalue weighted by atomic mass is 35.5. The van der Waals surface area contributed by atoms with Crippen LogP contribution in [0.2, 0.25) is 5.02 Å². The van der Waals surface area contributed by atoms with Crippen LogP contribution in [0.15, 0.2) is 24.3 Å². The minimum atomic E-state index is -0.992. The van der Waals surface area contributed by atoms with Crippen LogP contribution in [-0.2, 0) is 9.53 Å². The van der Waals surface area contributed by atoms with Crippen molar-refractivity contribution in [1.29, 1.82) is 0 Å². The van der Waals surface area contributed by atoms with Gasteiger partial charge in [-0.25, -0.2) is 0 Å². The summed E-state index contributed by atoms with van der Waals surface area (Å²) in [5.74, 6) is -0.916. The number of nitrogens with two attached hydrogens (primary N) is 1. The van der Waals surface area contributed by atoms with Crippen LogP contribution in [0, 0.1) is 5.41 Å². The zero-order valence-electron chi connectivity index (χ0n) is 8.52. The van der Waals surface area contributed by atoms with E-state index < -0.39 is 17.4 Å².